The van der Waals surface area contributed by atoms with Crippen LogP contribution in [0.15, 0.2) is 144 Å². The third-order valence-corrected chi connectivity index (χ3v) is 11.1. The van der Waals surface area contributed by atoms with E-state index in [1.165, 1.54) is 82.7 Å². The first-order chi connectivity index (χ1) is 25.2. The monoisotopic (exact) mass is 652 g/mol. The zero-order valence-corrected chi connectivity index (χ0v) is 28.8. The van der Waals surface area contributed by atoms with Crippen LogP contribution in [0.1, 0.15) is 39.8 Å². The molecular weight excluding hydrogens is 617 g/mol. The maximum Gasteiger partial charge on any atom is 0.143 e. The summed E-state index contributed by atoms with van der Waals surface area (Å²) in [7, 11) is 0. The summed E-state index contributed by atoms with van der Waals surface area (Å²) in [5, 5.41) is 7.24. The number of hydrogen-bond donors (Lipinski definition) is 0. The molecule has 242 valence electrons. The summed E-state index contributed by atoms with van der Waals surface area (Å²) in [5.74, 6) is 0. The van der Waals surface area contributed by atoms with E-state index in [2.05, 4.69) is 166 Å². The van der Waals surface area contributed by atoms with E-state index < -0.39 is 0 Å². The van der Waals surface area contributed by atoms with Gasteiger partial charge in [0.05, 0.1) is 0 Å². The SMILES string of the molecule is Cc1cc(-c2c3ccccc3c(-c3cccc4c3oc3ccccc34)c3ccccc23)ccc1-c1c(C)c2c(c3c1C=CCC=C3)C=CC=CC2. The summed E-state index contributed by atoms with van der Waals surface area (Å²) in [4.78, 5) is 0. The first-order valence-electron chi connectivity index (χ1n) is 18.0. The molecule has 7 aromatic carbocycles. The maximum atomic E-state index is 6.60. The van der Waals surface area contributed by atoms with Gasteiger partial charge in [0.2, 0.25) is 0 Å². The van der Waals surface area contributed by atoms with Crippen LogP contribution in [0, 0.1) is 13.8 Å². The van der Waals surface area contributed by atoms with Gasteiger partial charge in [0.1, 0.15) is 11.2 Å². The largest absolute Gasteiger partial charge is 0.455 e. The summed E-state index contributed by atoms with van der Waals surface area (Å²) in [6.45, 7) is 4.60. The van der Waals surface area contributed by atoms with Crippen LogP contribution in [0.2, 0.25) is 0 Å². The lowest BCUT2D eigenvalue weighted by Crippen LogP contribution is -2.03. The van der Waals surface area contributed by atoms with E-state index in [1.807, 2.05) is 6.07 Å². The average Bonchev–Trinajstić information content (AvgIpc) is 3.29. The first kappa shape index (κ1) is 29.7. The smallest absolute Gasteiger partial charge is 0.143 e. The molecule has 1 nitrogen and oxygen atoms in total. The van der Waals surface area contributed by atoms with Crippen molar-refractivity contribution in [3.05, 3.63) is 173 Å². The van der Waals surface area contributed by atoms with Crippen molar-refractivity contribution >= 4 is 61.7 Å². The van der Waals surface area contributed by atoms with Crippen molar-refractivity contribution in [3.63, 3.8) is 0 Å². The number of furan rings is 1. The number of aryl methyl sites for hydroxylation is 1. The van der Waals surface area contributed by atoms with Crippen LogP contribution >= 0.6 is 0 Å². The van der Waals surface area contributed by atoms with Crippen LogP contribution in [0.25, 0.3) is 95.1 Å². The maximum absolute atomic E-state index is 6.60. The zero-order chi connectivity index (χ0) is 34.1. The van der Waals surface area contributed by atoms with Gasteiger partial charge in [-0.1, -0.05) is 152 Å². The van der Waals surface area contributed by atoms with Gasteiger partial charge in [-0.3, -0.25) is 0 Å². The number of benzene rings is 7. The van der Waals surface area contributed by atoms with Gasteiger partial charge < -0.3 is 4.42 Å². The molecule has 0 saturated carbocycles. The number of allylic oxidation sites excluding steroid dienone is 5. The van der Waals surface area contributed by atoms with Crippen LogP contribution in [0.4, 0.5) is 0 Å². The molecule has 1 heteroatoms. The fraction of sp³-hybridized carbons (Fsp3) is 0.0800. The second-order valence-electron chi connectivity index (χ2n) is 13.9. The van der Waals surface area contributed by atoms with Crippen LogP contribution in [0.5, 0.6) is 0 Å². The van der Waals surface area contributed by atoms with Gasteiger partial charge in [-0.25, -0.2) is 0 Å². The predicted octanol–water partition coefficient (Wildman–Crippen LogP) is 14.1. The van der Waals surface area contributed by atoms with E-state index in [0.717, 1.165) is 40.3 Å². The molecule has 0 amide bonds. The van der Waals surface area contributed by atoms with Gasteiger partial charge in [0, 0.05) is 21.9 Å². The number of para-hydroxylation sites is 2. The van der Waals surface area contributed by atoms with Crippen molar-refractivity contribution < 1.29 is 4.42 Å². The highest BCUT2D eigenvalue weighted by Crippen LogP contribution is 2.48. The normalized spacial score (nSPS) is 13.6. The van der Waals surface area contributed by atoms with Gasteiger partial charge in [-0.05, 0) is 110 Å². The fourth-order valence-corrected chi connectivity index (χ4v) is 8.79. The van der Waals surface area contributed by atoms with E-state index in [1.54, 1.807) is 0 Å². The lowest BCUT2D eigenvalue weighted by Gasteiger charge is -2.23. The Morgan fingerprint density at radius 1 is 0.490 bits per heavy atom. The summed E-state index contributed by atoms with van der Waals surface area (Å²) in [6.07, 6.45) is 20.1. The lowest BCUT2D eigenvalue weighted by molar-refractivity contribution is 0.670. The Hall–Kier alpha value is -6.18. The molecule has 1 aromatic heterocycles. The van der Waals surface area contributed by atoms with E-state index >= 15 is 0 Å². The Morgan fingerprint density at radius 2 is 1.16 bits per heavy atom. The predicted molar refractivity (Wildman–Crippen MR) is 219 cm³/mol. The third-order valence-electron chi connectivity index (χ3n) is 11.1. The lowest BCUT2D eigenvalue weighted by atomic mass is 9.81. The number of fused-ring (bicyclic) bond motifs is 8. The van der Waals surface area contributed by atoms with Crippen molar-refractivity contribution in [2.45, 2.75) is 26.7 Å². The average molecular weight is 653 g/mol. The molecule has 0 radical (unpaired) electrons. The molecule has 0 bridgehead atoms. The minimum Gasteiger partial charge on any atom is -0.455 e. The quantitative estimate of drug-likeness (QED) is 0.173. The van der Waals surface area contributed by atoms with Crippen molar-refractivity contribution in [2.24, 2.45) is 0 Å². The van der Waals surface area contributed by atoms with Crippen LogP contribution in [-0.4, -0.2) is 0 Å². The first-order valence-corrected chi connectivity index (χ1v) is 18.0. The van der Waals surface area contributed by atoms with Gasteiger partial charge >= 0.3 is 0 Å². The molecule has 51 heavy (non-hydrogen) atoms. The molecule has 10 rings (SSSR count). The Bertz CT molecular complexity index is 2810. The molecule has 0 saturated heterocycles. The summed E-state index contributed by atoms with van der Waals surface area (Å²) >= 11 is 0. The standard InChI is InChI=1S/C50H36O/c1-31-30-33(28-29-34(31)47-32(2)35-16-5-3-6-17-36(35)37-18-7-4-8-20-39(37)47)48-40-21-9-11-23-42(40)49(43-24-12-10-22-41(43)48)45-26-15-25-44-38-19-13-14-27-46(38)51-50(44)45/h3,5-15,17-30H,4,16H2,1-2H3. The fourth-order valence-electron chi connectivity index (χ4n) is 8.79. The molecule has 0 fully saturated rings. The molecule has 2 aliphatic carbocycles. The van der Waals surface area contributed by atoms with Crippen LogP contribution < -0.4 is 0 Å². The molecule has 8 aromatic rings. The van der Waals surface area contributed by atoms with Gasteiger partial charge in [0.25, 0.3) is 0 Å². The minimum atomic E-state index is 0.918. The summed E-state index contributed by atoms with van der Waals surface area (Å²) in [6, 6.07) is 39.9. The second-order valence-corrected chi connectivity index (χ2v) is 13.9. The van der Waals surface area contributed by atoms with E-state index in [9.17, 15) is 0 Å². The Kier molecular flexibility index (Phi) is 6.82. The topological polar surface area (TPSA) is 13.1 Å². The molecule has 0 atom stereocenters. The van der Waals surface area contributed by atoms with Gasteiger partial charge in [-0.15, -0.1) is 0 Å². The molecular formula is C50H36O. The third kappa shape index (κ3) is 4.55. The second kappa shape index (κ2) is 11.7. The van der Waals surface area contributed by atoms with Crippen molar-refractivity contribution in [3.8, 4) is 33.4 Å². The van der Waals surface area contributed by atoms with Crippen LogP contribution in [-0.2, 0) is 6.42 Å². The highest BCUT2D eigenvalue weighted by atomic mass is 16.3. The Morgan fingerprint density at radius 3 is 1.90 bits per heavy atom. The molecule has 1 heterocycles. The molecule has 0 N–H and O–H groups in total. The van der Waals surface area contributed by atoms with E-state index in [-0.39, 0.29) is 0 Å². The highest BCUT2D eigenvalue weighted by Gasteiger charge is 2.23. The number of rotatable bonds is 3. The van der Waals surface area contributed by atoms with Crippen LogP contribution in [0.3, 0.4) is 0 Å². The Labute approximate surface area is 298 Å². The molecule has 0 unspecified atom stereocenters. The molecule has 2 aliphatic rings. The molecule has 0 spiro atoms. The van der Waals surface area contributed by atoms with Gasteiger partial charge in [0.15, 0.2) is 0 Å². The zero-order valence-electron chi connectivity index (χ0n) is 28.8. The Balaban J connectivity index is 1.22. The van der Waals surface area contributed by atoms with E-state index in [4.69, 9.17) is 4.42 Å². The summed E-state index contributed by atoms with van der Waals surface area (Å²) in [5.41, 5.74) is 17.4. The van der Waals surface area contributed by atoms with Crippen molar-refractivity contribution in [2.75, 3.05) is 0 Å². The van der Waals surface area contributed by atoms with E-state index in [0.29, 0.717) is 0 Å². The van der Waals surface area contributed by atoms with Crippen molar-refractivity contribution in [1.29, 1.82) is 0 Å². The minimum absolute atomic E-state index is 0.918. The number of hydrogen-bond acceptors (Lipinski definition) is 1. The molecule has 0 aliphatic heterocycles. The summed E-state index contributed by atoms with van der Waals surface area (Å²) < 4.78 is 6.60. The van der Waals surface area contributed by atoms with Crippen molar-refractivity contribution in [1.82, 2.24) is 0 Å². The van der Waals surface area contributed by atoms with Gasteiger partial charge in [-0.2, -0.15) is 0 Å². The highest BCUT2D eigenvalue weighted by molar-refractivity contribution is 6.24.